The number of hydrogen-bond acceptors (Lipinski definition) is 8. The molecule has 6 rings (SSSR count). The second-order valence-corrected chi connectivity index (χ2v) is 9.89. The molecule has 198 valence electrons. The third-order valence-electron chi connectivity index (χ3n) is 7.32. The molecule has 0 aromatic heterocycles. The zero-order valence-electron chi connectivity index (χ0n) is 21.5. The summed E-state index contributed by atoms with van der Waals surface area (Å²) in [6.07, 6.45) is 0.250. The predicted molar refractivity (Wildman–Crippen MR) is 139 cm³/mol. The minimum absolute atomic E-state index is 0.133. The summed E-state index contributed by atoms with van der Waals surface area (Å²) in [5.74, 6) is -0.198. The van der Waals surface area contributed by atoms with Gasteiger partial charge in [-0.15, -0.1) is 0 Å². The Kier molecular flexibility index (Phi) is 7.00. The van der Waals surface area contributed by atoms with Crippen LogP contribution in [0, 0.1) is 11.8 Å². The van der Waals surface area contributed by atoms with Gasteiger partial charge in [0, 0.05) is 53.0 Å². The minimum Gasteiger partial charge on any atom is -0.545 e. The van der Waals surface area contributed by atoms with Crippen molar-refractivity contribution in [2.24, 2.45) is 11.8 Å². The van der Waals surface area contributed by atoms with E-state index >= 15 is 0 Å². The number of carbonyl (C=O) groups excluding carboxylic acids is 4. The Hall–Kier alpha value is -4.75. The molecule has 2 aromatic rings. The van der Waals surface area contributed by atoms with Crippen molar-refractivity contribution in [3.8, 4) is 22.5 Å². The second kappa shape index (κ2) is 10.6. The Morgan fingerprint density at radius 3 is 2.41 bits per heavy atom. The van der Waals surface area contributed by atoms with Crippen LogP contribution in [0.25, 0.3) is 33.4 Å². The SMILES string of the molecule is COC(=O)C1CN(c2ccc3c(-c4ccccc4C(=O)[O-])c4ccc(=[N+]5CC(C)C5)cc-4oc3c2)C1.O=C=O. The first-order valence-electron chi connectivity index (χ1n) is 12.6. The van der Waals surface area contributed by atoms with Crippen LogP contribution in [0.1, 0.15) is 17.3 Å². The molecular weight excluding hydrogens is 500 g/mol. The van der Waals surface area contributed by atoms with Crippen molar-refractivity contribution in [3.05, 3.63) is 71.6 Å². The van der Waals surface area contributed by atoms with Crippen LogP contribution < -0.4 is 19.9 Å². The van der Waals surface area contributed by atoms with E-state index < -0.39 is 5.97 Å². The topological polar surface area (TPSA) is 120 Å². The molecule has 0 bridgehead atoms. The largest absolute Gasteiger partial charge is 0.545 e. The van der Waals surface area contributed by atoms with Gasteiger partial charge in [-0.3, -0.25) is 4.79 Å². The number of ether oxygens (including phenoxy) is 1. The van der Waals surface area contributed by atoms with Crippen molar-refractivity contribution in [1.82, 2.24) is 4.58 Å². The van der Waals surface area contributed by atoms with Crippen LogP contribution in [0.3, 0.4) is 0 Å². The van der Waals surface area contributed by atoms with Gasteiger partial charge in [-0.25, -0.2) is 4.58 Å². The second-order valence-electron chi connectivity index (χ2n) is 9.89. The van der Waals surface area contributed by atoms with Crippen LogP contribution in [0.4, 0.5) is 5.69 Å². The van der Waals surface area contributed by atoms with Gasteiger partial charge in [-0.1, -0.05) is 31.2 Å². The molecule has 0 amide bonds. The fourth-order valence-corrected chi connectivity index (χ4v) is 5.35. The molecule has 2 fully saturated rings. The highest BCUT2D eigenvalue weighted by Gasteiger charge is 2.34. The standard InChI is InChI=1S/C29H26N2O5.CO2/c1-17-13-30(14-17)19-7-9-23-25(11-19)36-26-12-20(31-15-18(16-31)29(34)35-2)8-10-24(26)27(23)21-5-3-4-6-22(21)28(32)33;2-1-3/h3-12,17-18H,13-16H2,1-2H3;. The summed E-state index contributed by atoms with van der Waals surface area (Å²) in [6, 6.07) is 19.0. The van der Waals surface area contributed by atoms with Crippen LogP contribution in [0.2, 0.25) is 0 Å². The molecular formula is C30H26N2O7. The van der Waals surface area contributed by atoms with E-state index in [2.05, 4.69) is 22.5 Å². The van der Waals surface area contributed by atoms with Crippen LogP contribution in [-0.4, -0.2) is 51.4 Å². The van der Waals surface area contributed by atoms with Crippen LogP contribution in [-0.2, 0) is 19.1 Å². The molecule has 1 aliphatic carbocycles. The highest BCUT2D eigenvalue weighted by molar-refractivity contribution is 6.07. The van der Waals surface area contributed by atoms with Crippen molar-refractivity contribution >= 4 is 34.7 Å². The maximum absolute atomic E-state index is 12.0. The van der Waals surface area contributed by atoms with Crippen molar-refractivity contribution < 1.29 is 33.4 Å². The average molecular weight is 527 g/mol. The third-order valence-corrected chi connectivity index (χ3v) is 7.32. The number of esters is 1. The van der Waals surface area contributed by atoms with Gasteiger partial charge in [0.05, 0.1) is 31.0 Å². The summed E-state index contributed by atoms with van der Waals surface area (Å²) >= 11 is 0. The molecule has 9 heteroatoms. The molecule has 39 heavy (non-hydrogen) atoms. The van der Waals surface area contributed by atoms with E-state index in [9.17, 15) is 14.7 Å². The minimum atomic E-state index is -1.22. The molecule has 4 aliphatic rings. The molecule has 2 aromatic carbocycles. The third kappa shape index (κ3) is 4.80. The Balaban J connectivity index is 0.000000983. The Morgan fingerprint density at radius 2 is 1.74 bits per heavy atom. The Morgan fingerprint density at radius 1 is 1.03 bits per heavy atom. The number of nitrogens with zero attached hydrogens (tertiary/aromatic N) is 2. The molecule has 3 aliphatic heterocycles. The van der Waals surface area contributed by atoms with Gasteiger partial charge in [0.2, 0.25) is 5.36 Å². The molecule has 0 unspecified atom stereocenters. The zero-order chi connectivity index (χ0) is 27.7. The smallest absolute Gasteiger partial charge is 0.373 e. The number of benzene rings is 3. The number of hydrogen-bond donors (Lipinski definition) is 0. The normalized spacial score (nSPS) is 16.5. The molecule has 0 saturated carbocycles. The maximum atomic E-state index is 12.0. The summed E-state index contributed by atoms with van der Waals surface area (Å²) in [5.41, 5.74) is 3.97. The van der Waals surface area contributed by atoms with Crippen molar-refractivity contribution in [1.29, 1.82) is 0 Å². The van der Waals surface area contributed by atoms with E-state index in [0.29, 0.717) is 35.9 Å². The van der Waals surface area contributed by atoms with Crippen molar-refractivity contribution in [2.45, 2.75) is 6.92 Å². The highest BCUT2D eigenvalue weighted by atomic mass is 16.5. The maximum Gasteiger partial charge on any atom is 0.373 e. The van der Waals surface area contributed by atoms with Gasteiger partial charge in [-0.05, 0) is 23.8 Å². The molecule has 3 heterocycles. The van der Waals surface area contributed by atoms with Gasteiger partial charge >= 0.3 is 12.1 Å². The van der Waals surface area contributed by atoms with Crippen LogP contribution in [0.5, 0.6) is 0 Å². The number of rotatable bonds is 4. The number of aromatic carboxylic acids is 1. The van der Waals surface area contributed by atoms with Gasteiger partial charge in [0.25, 0.3) is 0 Å². The summed E-state index contributed by atoms with van der Waals surface area (Å²) < 4.78 is 13.6. The Bertz CT molecular complexity index is 1650. The van der Waals surface area contributed by atoms with E-state index in [1.165, 1.54) is 7.11 Å². The lowest BCUT2D eigenvalue weighted by Crippen LogP contribution is -2.50. The van der Waals surface area contributed by atoms with Gasteiger partial charge in [0.15, 0.2) is 13.1 Å². The van der Waals surface area contributed by atoms with Gasteiger partial charge < -0.3 is 24.0 Å². The summed E-state index contributed by atoms with van der Waals surface area (Å²) in [6.45, 7) is 5.40. The summed E-state index contributed by atoms with van der Waals surface area (Å²) in [7, 11) is 1.41. The van der Waals surface area contributed by atoms with Crippen molar-refractivity contribution in [3.63, 3.8) is 0 Å². The average Bonchev–Trinajstić information content (AvgIpc) is 2.89. The van der Waals surface area contributed by atoms with Crippen LogP contribution >= 0.6 is 0 Å². The number of anilines is 1. The zero-order valence-corrected chi connectivity index (χ0v) is 21.5. The van der Waals surface area contributed by atoms with E-state index in [4.69, 9.17) is 18.7 Å². The first-order valence-corrected chi connectivity index (χ1v) is 12.6. The lowest BCUT2D eigenvalue weighted by Gasteiger charge is -2.39. The molecule has 2 saturated heterocycles. The number of carboxylic acid groups (broad SMARTS) is 1. The molecule has 0 radical (unpaired) electrons. The fraction of sp³-hybridized carbons (Fsp3) is 0.267. The number of fused-ring (bicyclic) bond motifs is 2. The van der Waals surface area contributed by atoms with Gasteiger partial charge in [-0.2, -0.15) is 9.59 Å². The molecule has 0 N–H and O–H groups in total. The molecule has 9 nitrogen and oxygen atoms in total. The van der Waals surface area contributed by atoms with E-state index in [1.807, 2.05) is 42.5 Å². The molecule has 0 atom stereocenters. The van der Waals surface area contributed by atoms with E-state index in [-0.39, 0.29) is 23.6 Å². The first-order chi connectivity index (χ1) is 18.8. The lowest BCUT2D eigenvalue weighted by atomic mass is 9.90. The van der Waals surface area contributed by atoms with E-state index in [0.717, 1.165) is 40.6 Å². The summed E-state index contributed by atoms with van der Waals surface area (Å²) in [5, 5.41) is 13.9. The number of methoxy groups -OCH3 is 1. The Labute approximate surface area is 223 Å². The number of carbonyl (C=O) groups is 2. The fourth-order valence-electron chi connectivity index (χ4n) is 5.35. The quantitative estimate of drug-likeness (QED) is 0.225. The highest BCUT2D eigenvalue weighted by Crippen LogP contribution is 2.42. The van der Waals surface area contributed by atoms with Gasteiger partial charge in [0.1, 0.15) is 11.3 Å². The van der Waals surface area contributed by atoms with E-state index in [1.54, 1.807) is 12.1 Å². The predicted octanol–water partition coefficient (Wildman–Crippen LogP) is 2.02. The van der Waals surface area contributed by atoms with Crippen molar-refractivity contribution in [2.75, 3.05) is 38.2 Å². The monoisotopic (exact) mass is 526 g/mol. The number of carboxylic acids is 1. The van der Waals surface area contributed by atoms with Crippen LogP contribution in [0.15, 0.2) is 65.1 Å². The first kappa shape index (κ1) is 25.9. The molecule has 0 spiro atoms. The summed E-state index contributed by atoms with van der Waals surface area (Å²) in [4.78, 5) is 42.2. The lowest BCUT2D eigenvalue weighted by molar-refractivity contribution is -0.255.